The number of anilines is 1. The van der Waals surface area contributed by atoms with Crippen LogP contribution in [0.4, 0.5) is 5.82 Å². The highest BCUT2D eigenvalue weighted by Gasteiger charge is 2.23. The molecule has 0 radical (unpaired) electrons. The van der Waals surface area contributed by atoms with Crippen LogP contribution in [-0.4, -0.2) is 27.9 Å². The van der Waals surface area contributed by atoms with Crippen molar-refractivity contribution in [2.45, 2.75) is 41.5 Å². The van der Waals surface area contributed by atoms with E-state index in [1.807, 2.05) is 0 Å². The molecule has 0 bridgehead atoms. The molecule has 1 heterocycles. The number of rotatable bonds is 6. The number of aromatic nitrogens is 1. The minimum absolute atomic E-state index is 0.0297. The van der Waals surface area contributed by atoms with Crippen molar-refractivity contribution >= 4 is 25.9 Å². The molecule has 1 saturated carbocycles. The van der Waals surface area contributed by atoms with Crippen molar-refractivity contribution in [1.29, 1.82) is 0 Å². The first-order valence-corrected chi connectivity index (χ1v) is 10.9. The Bertz CT molecular complexity index is 921. The molecule has 2 aromatic rings. The molecule has 0 amide bonds. The highest BCUT2D eigenvalue weighted by Crippen LogP contribution is 2.21. The second-order valence-electron chi connectivity index (χ2n) is 5.89. The first kappa shape index (κ1) is 17.8. The second-order valence-corrected chi connectivity index (χ2v) is 9.29. The van der Waals surface area contributed by atoms with Gasteiger partial charge in [0.25, 0.3) is 10.0 Å². The summed E-state index contributed by atoms with van der Waals surface area (Å²) >= 11 is 0. The summed E-state index contributed by atoms with van der Waals surface area (Å²) in [6, 6.07) is 9.96. The predicted octanol–water partition coefficient (Wildman–Crippen LogP) is 2.10. The van der Waals surface area contributed by atoms with Crippen LogP contribution in [0.25, 0.3) is 0 Å². The summed E-state index contributed by atoms with van der Waals surface area (Å²) in [7, 11) is -7.47. The zero-order chi connectivity index (χ0) is 17.9. The lowest BCUT2D eigenvalue weighted by molar-refractivity contribution is 0.552. The van der Waals surface area contributed by atoms with Crippen molar-refractivity contribution in [1.82, 2.24) is 9.71 Å². The minimum atomic E-state index is -3.83. The van der Waals surface area contributed by atoms with Crippen LogP contribution in [0.1, 0.15) is 25.7 Å². The molecule has 134 valence electrons. The molecule has 0 unspecified atom stereocenters. The summed E-state index contributed by atoms with van der Waals surface area (Å²) in [5.74, 6) is 0.196. The molecule has 7 nitrogen and oxygen atoms in total. The normalized spacial score (nSPS) is 16.0. The van der Waals surface area contributed by atoms with Crippen molar-refractivity contribution in [3.8, 4) is 0 Å². The number of benzene rings is 1. The maximum Gasteiger partial charge on any atom is 0.263 e. The van der Waals surface area contributed by atoms with Crippen LogP contribution in [0.15, 0.2) is 58.5 Å². The zero-order valence-electron chi connectivity index (χ0n) is 13.4. The summed E-state index contributed by atoms with van der Waals surface area (Å²) in [5.41, 5.74) is 0. The second kappa shape index (κ2) is 7.11. The van der Waals surface area contributed by atoms with E-state index in [0.29, 0.717) is 0 Å². The summed E-state index contributed by atoms with van der Waals surface area (Å²) in [4.78, 5) is 3.93. The molecule has 3 rings (SSSR count). The van der Waals surface area contributed by atoms with Gasteiger partial charge < -0.3 is 0 Å². The standard InChI is InChI=1S/C16H19N3O4S2/c20-24(21,18-13-5-1-2-6-13)14-8-10-15(11-9-14)25(22,23)19-16-7-3-4-12-17-16/h3-4,7-13,18H,1-2,5-6H2,(H,17,19). The summed E-state index contributed by atoms with van der Waals surface area (Å²) in [6.07, 6.45) is 5.18. The number of hydrogen-bond acceptors (Lipinski definition) is 5. The van der Waals surface area contributed by atoms with Crippen LogP contribution in [0.3, 0.4) is 0 Å². The Morgan fingerprint density at radius 2 is 1.44 bits per heavy atom. The average molecular weight is 381 g/mol. The topological polar surface area (TPSA) is 105 Å². The van der Waals surface area contributed by atoms with Crippen LogP contribution in [0, 0.1) is 0 Å². The number of hydrogen-bond donors (Lipinski definition) is 2. The third-order valence-corrected chi connectivity index (χ3v) is 6.93. The number of sulfonamides is 2. The first-order valence-electron chi connectivity index (χ1n) is 7.93. The summed E-state index contributed by atoms with van der Waals surface area (Å²) < 4.78 is 54.4. The van der Waals surface area contributed by atoms with Crippen molar-refractivity contribution in [2.75, 3.05) is 4.72 Å². The fourth-order valence-electron chi connectivity index (χ4n) is 2.75. The van der Waals surface area contributed by atoms with Gasteiger partial charge in [-0.15, -0.1) is 0 Å². The minimum Gasteiger partial charge on any atom is -0.263 e. The van der Waals surface area contributed by atoms with Gasteiger partial charge in [0.2, 0.25) is 10.0 Å². The third kappa shape index (κ3) is 4.36. The maximum absolute atomic E-state index is 12.4. The molecule has 0 saturated heterocycles. The lowest BCUT2D eigenvalue weighted by Gasteiger charge is -2.13. The molecule has 9 heteroatoms. The fraction of sp³-hybridized carbons (Fsp3) is 0.312. The van der Waals surface area contributed by atoms with Gasteiger partial charge in [-0.1, -0.05) is 18.9 Å². The van der Waals surface area contributed by atoms with Crippen molar-refractivity contribution < 1.29 is 16.8 Å². The van der Waals surface area contributed by atoms with Crippen molar-refractivity contribution in [3.05, 3.63) is 48.7 Å². The van der Waals surface area contributed by atoms with E-state index in [1.165, 1.54) is 36.5 Å². The fourth-order valence-corrected chi connectivity index (χ4v) is 5.06. The average Bonchev–Trinajstić information content (AvgIpc) is 3.08. The van der Waals surface area contributed by atoms with Gasteiger partial charge in [0, 0.05) is 12.2 Å². The van der Waals surface area contributed by atoms with Gasteiger partial charge in [-0.25, -0.2) is 26.5 Å². The van der Waals surface area contributed by atoms with Gasteiger partial charge in [0.15, 0.2) is 0 Å². The van der Waals surface area contributed by atoms with E-state index in [-0.39, 0.29) is 21.7 Å². The molecule has 25 heavy (non-hydrogen) atoms. The number of nitrogens with one attached hydrogen (secondary N) is 2. The third-order valence-electron chi connectivity index (χ3n) is 4.03. The highest BCUT2D eigenvalue weighted by atomic mass is 32.2. The van der Waals surface area contributed by atoms with Crippen LogP contribution in [-0.2, 0) is 20.0 Å². The van der Waals surface area contributed by atoms with E-state index < -0.39 is 20.0 Å². The molecule has 1 aromatic carbocycles. The molecule has 0 spiro atoms. The molecule has 0 aliphatic heterocycles. The van der Waals surface area contributed by atoms with E-state index >= 15 is 0 Å². The van der Waals surface area contributed by atoms with Gasteiger partial charge in [-0.2, -0.15) is 0 Å². The summed E-state index contributed by atoms with van der Waals surface area (Å²) in [5, 5.41) is 0. The largest absolute Gasteiger partial charge is 0.263 e. The highest BCUT2D eigenvalue weighted by molar-refractivity contribution is 7.92. The molecular formula is C16H19N3O4S2. The molecule has 1 aliphatic carbocycles. The molecule has 1 aromatic heterocycles. The van der Waals surface area contributed by atoms with Crippen LogP contribution >= 0.6 is 0 Å². The SMILES string of the molecule is O=S(=O)(Nc1ccccn1)c1ccc(S(=O)(=O)NC2CCCC2)cc1. The van der Waals surface area contributed by atoms with Gasteiger partial charge in [-0.05, 0) is 49.2 Å². The Morgan fingerprint density at radius 1 is 0.840 bits per heavy atom. The Morgan fingerprint density at radius 3 is 2.00 bits per heavy atom. The predicted molar refractivity (Wildman–Crippen MR) is 94.1 cm³/mol. The molecule has 1 aliphatic rings. The van der Waals surface area contributed by atoms with Gasteiger partial charge in [0.05, 0.1) is 9.79 Å². The Labute approximate surface area is 147 Å². The molecule has 2 N–H and O–H groups in total. The Balaban J connectivity index is 1.77. The maximum atomic E-state index is 12.4. The number of nitrogens with zero attached hydrogens (tertiary/aromatic N) is 1. The summed E-state index contributed by atoms with van der Waals surface area (Å²) in [6.45, 7) is 0. The van der Waals surface area contributed by atoms with E-state index in [4.69, 9.17) is 0 Å². The lowest BCUT2D eigenvalue weighted by Crippen LogP contribution is -2.32. The van der Waals surface area contributed by atoms with Crippen LogP contribution < -0.4 is 9.44 Å². The first-order chi connectivity index (χ1) is 11.9. The van der Waals surface area contributed by atoms with Crippen LogP contribution in [0.5, 0.6) is 0 Å². The van der Waals surface area contributed by atoms with E-state index in [9.17, 15) is 16.8 Å². The van der Waals surface area contributed by atoms with E-state index in [1.54, 1.807) is 12.1 Å². The monoisotopic (exact) mass is 381 g/mol. The van der Waals surface area contributed by atoms with E-state index in [0.717, 1.165) is 25.7 Å². The van der Waals surface area contributed by atoms with Gasteiger partial charge in [0.1, 0.15) is 5.82 Å². The zero-order valence-corrected chi connectivity index (χ0v) is 15.1. The smallest absolute Gasteiger partial charge is 0.263 e. The van der Waals surface area contributed by atoms with Gasteiger partial charge >= 0.3 is 0 Å². The lowest BCUT2D eigenvalue weighted by atomic mass is 10.3. The molecule has 0 atom stereocenters. The Kier molecular flexibility index (Phi) is 5.07. The molecular weight excluding hydrogens is 362 g/mol. The van der Waals surface area contributed by atoms with Crippen LogP contribution in [0.2, 0.25) is 0 Å². The quantitative estimate of drug-likeness (QED) is 0.797. The van der Waals surface area contributed by atoms with Gasteiger partial charge in [-0.3, -0.25) is 4.72 Å². The van der Waals surface area contributed by atoms with Crippen molar-refractivity contribution in [2.24, 2.45) is 0 Å². The Hall–Kier alpha value is -1.97. The van der Waals surface area contributed by atoms with Crippen molar-refractivity contribution in [3.63, 3.8) is 0 Å². The molecule has 1 fully saturated rings. The number of pyridine rings is 1. The van der Waals surface area contributed by atoms with E-state index in [2.05, 4.69) is 14.4 Å².